The molecule has 0 saturated heterocycles. The topological polar surface area (TPSA) is 39.1 Å². The van der Waals surface area contributed by atoms with Crippen molar-refractivity contribution in [3.8, 4) is 5.75 Å². The second-order valence-corrected chi connectivity index (χ2v) is 4.89. The molecule has 0 unspecified atom stereocenters. The Kier molecular flexibility index (Phi) is 4.63. The van der Waals surface area contributed by atoms with E-state index in [-0.39, 0.29) is 13.1 Å². The summed E-state index contributed by atoms with van der Waals surface area (Å²) < 4.78 is 44.8. The van der Waals surface area contributed by atoms with Gasteiger partial charge in [-0.2, -0.15) is 18.3 Å². The van der Waals surface area contributed by atoms with E-state index < -0.39 is 11.9 Å². The molecule has 1 heterocycles. The van der Waals surface area contributed by atoms with Crippen LogP contribution in [0.3, 0.4) is 0 Å². The third-order valence-corrected chi connectivity index (χ3v) is 3.24. The second kappa shape index (κ2) is 6.29. The zero-order chi connectivity index (χ0) is 16.3. The van der Waals surface area contributed by atoms with Crippen molar-refractivity contribution >= 4 is 5.69 Å². The van der Waals surface area contributed by atoms with Crippen molar-refractivity contribution < 1.29 is 17.9 Å². The molecule has 0 fully saturated rings. The lowest BCUT2D eigenvalue weighted by Crippen LogP contribution is -2.13. The summed E-state index contributed by atoms with van der Waals surface area (Å²) in [7, 11) is 1.55. The van der Waals surface area contributed by atoms with E-state index in [2.05, 4.69) is 10.4 Å². The number of alkyl halides is 3. The Balaban J connectivity index is 2.19. The molecule has 0 bridgehead atoms. The second-order valence-electron chi connectivity index (χ2n) is 4.89. The molecule has 0 aliphatic heterocycles. The molecule has 22 heavy (non-hydrogen) atoms. The van der Waals surface area contributed by atoms with Crippen molar-refractivity contribution in [1.29, 1.82) is 0 Å². The summed E-state index contributed by atoms with van der Waals surface area (Å²) in [6.07, 6.45) is -4.40. The Morgan fingerprint density at radius 3 is 2.55 bits per heavy atom. The first-order valence-corrected chi connectivity index (χ1v) is 6.87. The van der Waals surface area contributed by atoms with E-state index in [0.29, 0.717) is 11.4 Å². The van der Waals surface area contributed by atoms with Gasteiger partial charge in [-0.1, -0.05) is 6.07 Å². The van der Waals surface area contributed by atoms with Crippen LogP contribution in [0.5, 0.6) is 5.75 Å². The number of halogens is 3. The third kappa shape index (κ3) is 3.52. The quantitative estimate of drug-likeness (QED) is 0.911. The number of anilines is 1. The maximum absolute atomic E-state index is 12.9. The van der Waals surface area contributed by atoms with E-state index in [0.717, 1.165) is 22.0 Å². The predicted octanol–water partition coefficient (Wildman–Crippen LogP) is 3.85. The number of nitrogens with zero attached hydrogens (tertiary/aromatic N) is 2. The number of aromatic nitrogens is 2. The highest BCUT2D eigenvalue weighted by Gasteiger charge is 2.35. The largest absolute Gasteiger partial charge is 0.495 e. The molecule has 7 heteroatoms. The van der Waals surface area contributed by atoms with Gasteiger partial charge in [0.1, 0.15) is 11.4 Å². The van der Waals surface area contributed by atoms with E-state index in [1.807, 2.05) is 25.1 Å². The van der Waals surface area contributed by atoms with Gasteiger partial charge in [-0.15, -0.1) is 0 Å². The first-order chi connectivity index (χ1) is 10.3. The lowest BCUT2D eigenvalue weighted by atomic mass is 10.2. The maximum atomic E-state index is 12.9. The Morgan fingerprint density at radius 2 is 2.00 bits per heavy atom. The molecule has 120 valence electrons. The summed E-state index contributed by atoms with van der Waals surface area (Å²) in [5.74, 6) is 0.636. The number of aryl methyl sites for hydroxylation is 2. The fraction of sp³-hybridized carbons (Fsp3) is 0.400. The molecule has 0 amide bonds. The summed E-state index contributed by atoms with van der Waals surface area (Å²) in [5.41, 5.74) is 1.35. The van der Waals surface area contributed by atoms with E-state index in [1.54, 1.807) is 14.0 Å². The van der Waals surface area contributed by atoms with Crippen molar-refractivity contribution in [2.45, 2.75) is 33.1 Å². The van der Waals surface area contributed by atoms with Gasteiger partial charge in [-0.05, 0) is 37.6 Å². The fourth-order valence-corrected chi connectivity index (χ4v) is 2.17. The minimum absolute atomic E-state index is 0.169. The molecule has 0 saturated carbocycles. The van der Waals surface area contributed by atoms with Crippen LogP contribution < -0.4 is 10.1 Å². The smallest absolute Gasteiger partial charge is 0.433 e. The monoisotopic (exact) mass is 313 g/mol. The zero-order valence-electron chi connectivity index (χ0n) is 12.7. The summed E-state index contributed by atoms with van der Waals surface area (Å²) in [6, 6.07) is 6.65. The molecule has 4 nitrogen and oxygen atoms in total. The van der Waals surface area contributed by atoms with E-state index in [9.17, 15) is 13.2 Å². The molecular formula is C15H18F3N3O. The van der Waals surface area contributed by atoms with Crippen LogP contribution in [0.2, 0.25) is 0 Å². The molecule has 0 radical (unpaired) electrons. The van der Waals surface area contributed by atoms with Crippen molar-refractivity contribution in [2.24, 2.45) is 0 Å². The van der Waals surface area contributed by atoms with Crippen LogP contribution in [0.4, 0.5) is 18.9 Å². The van der Waals surface area contributed by atoms with Crippen LogP contribution in [0, 0.1) is 6.92 Å². The van der Waals surface area contributed by atoms with Crippen LogP contribution in [-0.2, 0) is 19.3 Å². The number of hydrogen-bond acceptors (Lipinski definition) is 3. The van der Waals surface area contributed by atoms with Crippen LogP contribution in [-0.4, -0.2) is 16.9 Å². The SMILES string of the molecule is CCn1nc(CNc2cc(C)ccc2OC)cc1C(F)(F)F. The average Bonchev–Trinajstić information content (AvgIpc) is 2.89. The molecular weight excluding hydrogens is 295 g/mol. The molecule has 0 atom stereocenters. The minimum Gasteiger partial charge on any atom is -0.495 e. The van der Waals surface area contributed by atoms with Gasteiger partial charge in [0, 0.05) is 6.54 Å². The van der Waals surface area contributed by atoms with Crippen molar-refractivity contribution in [1.82, 2.24) is 9.78 Å². The molecule has 0 aliphatic rings. The van der Waals surface area contributed by atoms with Crippen LogP contribution in [0.1, 0.15) is 23.9 Å². The lowest BCUT2D eigenvalue weighted by molar-refractivity contribution is -0.144. The number of hydrogen-bond donors (Lipinski definition) is 1. The normalized spacial score (nSPS) is 11.5. The van der Waals surface area contributed by atoms with Gasteiger partial charge in [0.2, 0.25) is 0 Å². The Bertz CT molecular complexity index is 650. The highest BCUT2D eigenvalue weighted by molar-refractivity contribution is 5.58. The highest BCUT2D eigenvalue weighted by atomic mass is 19.4. The third-order valence-electron chi connectivity index (χ3n) is 3.24. The molecule has 0 spiro atoms. The van der Waals surface area contributed by atoms with Crippen LogP contribution in [0.15, 0.2) is 24.3 Å². The molecule has 2 rings (SSSR count). The molecule has 1 aromatic carbocycles. The van der Waals surface area contributed by atoms with Crippen molar-refractivity contribution in [2.75, 3.05) is 12.4 Å². The van der Waals surface area contributed by atoms with E-state index in [4.69, 9.17) is 4.74 Å². The van der Waals surface area contributed by atoms with Gasteiger partial charge in [0.15, 0.2) is 0 Å². The van der Waals surface area contributed by atoms with Crippen molar-refractivity contribution in [3.63, 3.8) is 0 Å². The van der Waals surface area contributed by atoms with Crippen LogP contribution >= 0.6 is 0 Å². The summed E-state index contributed by atoms with van der Waals surface area (Å²) >= 11 is 0. The minimum atomic E-state index is -4.40. The van der Waals surface area contributed by atoms with E-state index >= 15 is 0 Å². The number of nitrogens with one attached hydrogen (secondary N) is 1. The summed E-state index contributed by atoms with van der Waals surface area (Å²) in [6.45, 7) is 3.92. The zero-order valence-corrected chi connectivity index (χ0v) is 12.7. The van der Waals surface area contributed by atoms with E-state index in [1.165, 1.54) is 0 Å². The van der Waals surface area contributed by atoms with Gasteiger partial charge in [-0.3, -0.25) is 4.68 Å². The highest BCUT2D eigenvalue weighted by Crippen LogP contribution is 2.30. The van der Waals surface area contributed by atoms with Gasteiger partial charge < -0.3 is 10.1 Å². The van der Waals surface area contributed by atoms with Crippen LogP contribution in [0.25, 0.3) is 0 Å². The predicted molar refractivity (Wildman–Crippen MR) is 78.0 cm³/mol. The fourth-order valence-electron chi connectivity index (χ4n) is 2.17. The molecule has 0 aliphatic carbocycles. The van der Waals surface area contributed by atoms with Gasteiger partial charge >= 0.3 is 6.18 Å². The Labute approximate surface area is 126 Å². The summed E-state index contributed by atoms with van der Waals surface area (Å²) in [4.78, 5) is 0. The average molecular weight is 313 g/mol. The summed E-state index contributed by atoms with van der Waals surface area (Å²) in [5, 5.41) is 7.05. The Hall–Kier alpha value is -2.18. The first kappa shape index (κ1) is 16.2. The number of benzene rings is 1. The standard InChI is InChI=1S/C15H18F3N3O/c1-4-21-14(15(16,17)18)8-11(20-21)9-19-12-7-10(2)5-6-13(12)22-3/h5-8,19H,4,9H2,1-3H3. The van der Waals surface area contributed by atoms with Gasteiger partial charge in [0.25, 0.3) is 0 Å². The molecule has 1 N–H and O–H groups in total. The molecule has 1 aromatic heterocycles. The molecule has 2 aromatic rings. The van der Waals surface area contributed by atoms with Crippen molar-refractivity contribution in [3.05, 3.63) is 41.2 Å². The number of rotatable bonds is 5. The van der Waals surface area contributed by atoms with Gasteiger partial charge in [-0.25, -0.2) is 0 Å². The van der Waals surface area contributed by atoms with Gasteiger partial charge in [0.05, 0.1) is 25.0 Å². The number of methoxy groups -OCH3 is 1. The lowest BCUT2D eigenvalue weighted by Gasteiger charge is -2.10. The number of ether oxygens (including phenoxy) is 1. The Morgan fingerprint density at radius 1 is 1.27 bits per heavy atom. The first-order valence-electron chi connectivity index (χ1n) is 6.87. The maximum Gasteiger partial charge on any atom is 0.433 e.